The third-order valence-corrected chi connectivity index (χ3v) is 15.5. The monoisotopic (exact) mass is 730 g/mol. The minimum atomic E-state index is -2.51. The number of phenols is 1. The van der Waals surface area contributed by atoms with Gasteiger partial charge < -0.3 is 24.5 Å². The summed E-state index contributed by atoms with van der Waals surface area (Å²) in [6.07, 6.45) is 6.41. The number of nitrogens with one attached hydrogen (secondary N) is 1. The molecule has 2 aliphatic heterocycles. The Morgan fingerprint density at radius 3 is 2.29 bits per heavy atom. The van der Waals surface area contributed by atoms with Crippen molar-refractivity contribution in [2.24, 2.45) is 11.8 Å². The summed E-state index contributed by atoms with van der Waals surface area (Å²) in [7, 11) is -2.51. The van der Waals surface area contributed by atoms with Crippen LogP contribution in [0, 0.1) is 18.8 Å². The van der Waals surface area contributed by atoms with Crippen LogP contribution in [0.4, 0.5) is 0 Å². The molecule has 282 valence electrons. The fourth-order valence-corrected chi connectivity index (χ4v) is 8.13. The van der Waals surface area contributed by atoms with Crippen molar-refractivity contribution in [2.45, 2.75) is 130 Å². The first kappa shape index (κ1) is 40.7. The number of amides is 2. The maximum Gasteiger partial charge on any atom is 0.316 e. The zero-order valence-corrected chi connectivity index (χ0v) is 33.8. The Morgan fingerprint density at radius 2 is 1.71 bits per heavy atom. The largest absolute Gasteiger partial charge is 0.508 e. The zero-order chi connectivity index (χ0) is 38.7. The SMILES string of the molecule is C/C=C/C1=CN2C(=O)c3cc(C)c(O)cc3C(C(=O)OCc3ccc(CC(=O)[C@H](C)NC(=O)[C@@H](CC)C(C)C)cc3)[C@@H](O[Si](C)(C)C(C)(C)C)[C@@H]2C1. The van der Waals surface area contributed by atoms with E-state index in [1.54, 1.807) is 24.8 Å². The van der Waals surface area contributed by atoms with Gasteiger partial charge in [0.05, 0.1) is 18.2 Å². The van der Waals surface area contributed by atoms with Crippen molar-refractivity contribution in [3.05, 3.63) is 88.1 Å². The van der Waals surface area contributed by atoms with Crippen LogP contribution < -0.4 is 5.32 Å². The number of ether oxygens (including phenoxy) is 1. The van der Waals surface area contributed by atoms with Crippen LogP contribution in [-0.4, -0.2) is 60.1 Å². The van der Waals surface area contributed by atoms with E-state index in [0.717, 1.165) is 16.7 Å². The Balaban J connectivity index is 1.59. The number of nitrogens with zero attached hydrogens (tertiary/aromatic N) is 1. The standard InChI is InChI=1S/C42H58N2O7Si/c1-12-14-30-20-34-38(51-52(10,11)42(7,8)9)37(32-22-35(45)26(5)19-33(32)40(48)44(34)23-30)41(49)50-24-29-17-15-28(16-18-29)21-36(46)27(6)43-39(47)31(13-2)25(3)4/h12,14-19,22-23,25,27,31,34,37-38,45H,13,20-21,24H2,1-11H3,(H,43,47)/b14-12+/t27-,31-,34-,37?,38-/m0/s1. The van der Waals surface area contributed by atoms with E-state index in [4.69, 9.17) is 9.16 Å². The highest BCUT2D eigenvalue weighted by Crippen LogP contribution is 2.46. The highest BCUT2D eigenvalue weighted by molar-refractivity contribution is 6.74. The first-order valence-corrected chi connectivity index (χ1v) is 21.4. The van der Waals surface area contributed by atoms with E-state index in [2.05, 4.69) is 39.2 Å². The van der Waals surface area contributed by atoms with Gasteiger partial charge in [0.15, 0.2) is 14.1 Å². The van der Waals surface area contributed by atoms with Gasteiger partial charge in [0, 0.05) is 24.1 Å². The smallest absolute Gasteiger partial charge is 0.316 e. The van der Waals surface area contributed by atoms with Gasteiger partial charge in [-0.25, -0.2) is 0 Å². The second-order valence-corrected chi connectivity index (χ2v) is 21.0. The molecule has 2 aromatic carbocycles. The quantitative estimate of drug-likeness (QED) is 0.159. The molecular formula is C42H58N2O7Si. The summed E-state index contributed by atoms with van der Waals surface area (Å²) in [5.74, 6) is -1.93. The third-order valence-electron chi connectivity index (χ3n) is 11.1. The first-order valence-electron chi connectivity index (χ1n) is 18.5. The van der Waals surface area contributed by atoms with Gasteiger partial charge in [-0.15, -0.1) is 0 Å². The molecule has 10 heteroatoms. The topological polar surface area (TPSA) is 122 Å². The number of phenolic OH excluding ortho intramolecular Hbond substituents is 1. The summed E-state index contributed by atoms with van der Waals surface area (Å²) < 4.78 is 13.1. The van der Waals surface area contributed by atoms with Crippen molar-refractivity contribution in [1.82, 2.24) is 10.2 Å². The number of ketones is 1. The summed E-state index contributed by atoms with van der Waals surface area (Å²) in [4.78, 5) is 56.0. The predicted octanol–water partition coefficient (Wildman–Crippen LogP) is 7.90. The number of esters is 1. The molecule has 1 unspecified atom stereocenters. The Bertz CT molecular complexity index is 1720. The Hall–Kier alpha value is -4.02. The van der Waals surface area contributed by atoms with E-state index in [-0.39, 0.29) is 53.2 Å². The number of aryl methyl sites for hydroxylation is 1. The van der Waals surface area contributed by atoms with Crippen molar-refractivity contribution >= 4 is 31.9 Å². The number of fused-ring (bicyclic) bond motifs is 2. The molecule has 0 saturated carbocycles. The molecule has 0 aliphatic carbocycles. The molecule has 0 spiro atoms. The molecular weight excluding hydrogens is 673 g/mol. The summed E-state index contributed by atoms with van der Waals surface area (Å²) in [5, 5.41) is 13.6. The van der Waals surface area contributed by atoms with Crippen LogP contribution in [0.5, 0.6) is 5.75 Å². The normalized spacial score (nSPS) is 20.2. The molecule has 5 atom stereocenters. The number of carbonyl (C=O) groups excluding carboxylic acids is 4. The number of hydrogen-bond acceptors (Lipinski definition) is 7. The van der Waals surface area contributed by atoms with Gasteiger partial charge in [-0.05, 0) is 97.6 Å². The number of allylic oxidation sites excluding steroid dienone is 2. The molecule has 0 aromatic heterocycles. The van der Waals surface area contributed by atoms with Crippen LogP contribution in [0.3, 0.4) is 0 Å². The van der Waals surface area contributed by atoms with Crippen molar-refractivity contribution < 1.29 is 33.4 Å². The fourth-order valence-electron chi connectivity index (χ4n) is 6.81. The molecule has 2 heterocycles. The average Bonchev–Trinajstić information content (AvgIpc) is 3.45. The average molecular weight is 731 g/mol. The molecule has 2 amide bonds. The predicted molar refractivity (Wildman–Crippen MR) is 206 cm³/mol. The Kier molecular flexibility index (Phi) is 12.8. The lowest BCUT2D eigenvalue weighted by Gasteiger charge is -2.43. The summed E-state index contributed by atoms with van der Waals surface area (Å²) in [6, 6.07) is 9.40. The fraction of sp³-hybridized carbons (Fsp3) is 0.524. The molecule has 0 bridgehead atoms. The number of rotatable bonds is 13. The number of Topliss-reactive ketones (excluding diaryl/α,β-unsaturated/α-hetero) is 1. The van der Waals surface area contributed by atoms with Gasteiger partial charge in [-0.3, -0.25) is 19.2 Å². The Labute approximate surface area is 311 Å². The highest BCUT2D eigenvalue weighted by Gasteiger charge is 2.52. The maximum atomic E-state index is 14.4. The van der Waals surface area contributed by atoms with E-state index < -0.39 is 38.4 Å². The minimum absolute atomic E-state index is 0.00763. The number of benzene rings is 2. The lowest BCUT2D eigenvalue weighted by atomic mass is 9.86. The van der Waals surface area contributed by atoms with Crippen molar-refractivity contribution in [3.8, 4) is 5.75 Å². The molecule has 4 rings (SSSR count). The minimum Gasteiger partial charge on any atom is -0.508 e. The summed E-state index contributed by atoms with van der Waals surface area (Å²) >= 11 is 0. The van der Waals surface area contributed by atoms with Gasteiger partial charge in [0.2, 0.25) is 5.91 Å². The number of aromatic hydroxyl groups is 1. The van der Waals surface area contributed by atoms with Gasteiger partial charge in [-0.1, -0.05) is 78.0 Å². The van der Waals surface area contributed by atoms with Crippen molar-refractivity contribution in [2.75, 3.05) is 0 Å². The van der Waals surface area contributed by atoms with Gasteiger partial charge in [0.1, 0.15) is 18.3 Å². The molecule has 2 aromatic rings. The van der Waals surface area contributed by atoms with Crippen LogP contribution in [-0.2, 0) is 36.6 Å². The van der Waals surface area contributed by atoms with Crippen molar-refractivity contribution in [1.29, 1.82) is 0 Å². The van der Waals surface area contributed by atoms with E-state index in [9.17, 15) is 24.3 Å². The van der Waals surface area contributed by atoms with E-state index >= 15 is 0 Å². The van der Waals surface area contributed by atoms with Crippen LogP contribution in [0.1, 0.15) is 107 Å². The molecule has 9 nitrogen and oxygen atoms in total. The second-order valence-electron chi connectivity index (χ2n) is 16.3. The van der Waals surface area contributed by atoms with Crippen LogP contribution >= 0.6 is 0 Å². The van der Waals surface area contributed by atoms with Gasteiger partial charge in [-0.2, -0.15) is 0 Å². The highest BCUT2D eigenvalue weighted by atomic mass is 28.4. The molecule has 2 aliphatic rings. The number of carbonyl (C=O) groups is 4. The zero-order valence-electron chi connectivity index (χ0n) is 32.8. The molecule has 0 saturated heterocycles. The van der Waals surface area contributed by atoms with E-state index in [0.29, 0.717) is 29.5 Å². The molecule has 52 heavy (non-hydrogen) atoms. The summed E-state index contributed by atoms with van der Waals surface area (Å²) in [5.41, 5.74) is 3.75. The Morgan fingerprint density at radius 1 is 1.08 bits per heavy atom. The van der Waals surface area contributed by atoms with Gasteiger partial charge >= 0.3 is 5.97 Å². The molecule has 2 N–H and O–H groups in total. The number of hydrogen-bond donors (Lipinski definition) is 2. The van der Waals surface area contributed by atoms with Gasteiger partial charge in [0.25, 0.3) is 5.91 Å². The lowest BCUT2D eigenvalue weighted by molar-refractivity contribution is -0.150. The van der Waals surface area contributed by atoms with Crippen LogP contribution in [0.15, 0.2) is 60.3 Å². The first-order chi connectivity index (χ1) is 24.3. The van der Waals surface area contributed by atoms with Crippen LogP contribution in [0.25, 0.3) is 0 Å². The molecule has 0 fully saturated rings. The molecule has 0 radical (unpaired) electrons. The van der Waals surface area contributed by atoms with Crippen LogP contribution in [0.2, 0.25) is 18.1 Å². The maximum absolute atomic E-state index is 14.4. The lowest BCUT2D eigenvalue weighted by Crippen LogP contribution is -2.52. The van der Waals surface area contributed by atoms with Crippen molar-refractivity contribution in [3.63, 3.8) is 0 Å². The summed E-state index contributed by atoms with van der Waals surface area (Å²) in [6.45, 7) is 22.0. The third kappa shape index (κ3) is 8.94. The van der Waals surface area contributed by atoms with E-state index in [1.165, 1.54) is 6.07 Å². The second kappa shape index (κ2) is 16.3. The van der Waals surface area contributed by atoms with E-state index in [1.807, 2.05) is 70.3 Å².